The molecule has 3 heterocycles. The maximum Gasteiger partial charge on any atom is 0.290 e. The first-order valence-corrected chi connectivity index (χ1v) is 12.5. The molecular formula is C26H18FNO6S2. The number of hydrogen-bond acceptors (Lipinski definition) is 8. The molecule has 2 aromatic carbocycles. The highest BCUT2D eigenvalue weighted by Gasteiger charge is 2.27. The third-order valence-corrected chi connectivity index (χ3v) is 7.25. The van der Waals surface area contributed by atoms with Crippen LogP contribution in [0.15, 0.2) is 74.1 Å². The van der Waals surface area contributed by atoms with Gasteiger partial charge in [0.05, 0.1) is 15.2 Å². The Bertz CT molecular complexity index is 1560. The molecule has 0 spiro atoms. The second kappa shape index (κ2) is 10.00. The molecule has 1 aliphatic heterocycles. The van der Waals surface area contributed by atoms with Crippen LogP contribution < -0.4 is 20.2 Å². The van der Waals surface area contributed by atoms with Crippen molar-refractivity contribution in [2.45, 2.75) is 6.92 Å². The molecule has 10 heteroatoms. The van der Waals surface area contributed by atoms with Crippen LogP contribution in [0.3, 0.4) is 0 Å². The van der Waals surface area contributed by atoms with E-state index in [9.17, 15) is 18.8 Å². The van der Waals surface area contributed by atoms with E-state index < -0.39 is 17.2 Å². The van der Waals surface area contributed by atoms with Crippen molar-refractivity contribution >= 4 is 50.8 Å². The predicted octanol–water partition coefficient (Wildman–Crippen LogP) is 5.83. The normalized spacial score (nSPS) is 14.7. The molecule has 5 rings (SSSR count). The second-order valence-corrected chi connectivity index (χ2v) is 9.66. The van der Waals surface area contributed by atoms with E-state index in [1.165, 1.54) is 23.5 Å². The Morgan fingerprint density at radius 2 is 1.81 bits per heavy atom. The summed E-state index contributed by atoms with van der Waals surface area (Å²) >= 11 is 2.27. The Balaban J connectivity index is 1.29. The zero-order valence-electron chi connectivity index (χ0n) is 18.8. The minimum Gasteiger partial charge on any atom is -0.490 e. The van der Waals surface area contributed by atoms with Gasteiger partial charge in [0, 0.05) is 0 Å². The number of carbonyl (C=O) groups is 2. The van der Waals surface area contributed by atoms with E-state index >= 15 is 0 Å². The minimum atomic E-state index is -0.541. The molecule has 2 amide bonds. The van der Waals surface area contributed by atoms with Gasteiger partial charge < -0.3 is 13.9 Å². The smallest absolute Gasteiger partial charge is 0.290 e. The summed E-state index contributed by atoms with van der Waals surface area (Å²) in [7, 11) is 0. The monoisotopic (exact) mass is 523 g/mol. The van der Waals surface area contributed by atoms with Crippen LogP contribution in [0.25, 0.3) is 27.2 Å². The highest BCUT2D eigenvalue weighted by molar-refractivity contribution is 8.18. The Morgan fingerprint density at radius 1 is 1.03 bits per heavy atom. The van der Waals surface area contributed by atoms with Gasteiger partial charge in [0.1, 0.15) is 30.4 Å². The number of rotatable bonds is 7. The fourth-order valence-electron chi connectivity index (χ4n) is 3.65. The molecule has 0 bridgehead atoms. The molecule has 7 nitrogen and oxygen atoms in total. The summed E-state index contributed by atoms with van der Waals surface area (Å²) in [5, 5.41) is 3.82. The topological polar surface area (TPSA) is 94.8 Å². The molecule has 1 fully saturated rings. The van der Waals surface area contributed by atoms with Gasteiger partial charge in [0.2, 0.25) is 11.2 Å². The highest BCUT2D eigenvalue weighted by Crippen LogP contribution is 2.34. The second-order valence-electron chi connectivity index (χ2n) is 7.73. The van der Waals surface area contributed by atoms with E-state index in [4.69, 9.17) is 13.9 Å². The lowest BCUT2D eigenvalue weighted by atomic mass is 10.1. The molecule has 0 atom stereocenters. The van der Waals surface area contributed by atoms with Gasteiger partial charge in [-0.1, -0.05) is 18.2 Å². The zero-order chi connectivity index (χ0) is 25.2. The number of thiophene rings is 1. The van der Waals surface area contributed by atoms with Crippen LogP contribution >= 0.6 is 23.1 Å². The third-order valence-electron chi connectivity index (χ3n) is 5.40. The number of amides is 2. The summed E-state index contributed by atoms with van der Waals surface area (Å²) in [6, 6.07) is 14.5. The van der Waals surface area contributed by atoms with Crippen LogP contribution in [0.4, 0.5) is 9.18 Å². The summed E-state index contributed by atoms with van der Waals surface area (Å²) in [5.74, 6) is -0.0948. The molecule has 182 valence electrons. The summed E-state index contributed by atoms with van der Waals surface area (Å²) in [5.41, 5.74) is 1.29. The van der Waals surface area contributed by atoms with Crippen molar-refractivity contribution in [2.24, 2.45) is 0 Å². The molecule has 1 aliphatic rings. The van der Waals surface area contributed by atoms with Crippen molar-refractivity contribution in [1.29, 1.82) is 0 Å². The maximum atomic E-state index is 13.7. The molecule has 2 aromatic heterocycles. The molecule has 0 radical (unpaired) electrons. The van der Waals surface area contributed by atoms with Crippen LogP contribution in [0.2, 0.25) is 0 Å². The summed E-state index contributed by atoms with van der Waals surface area (Å²) < 4.78 is 31.2. The van der Waals surface area contributed by atoms with Gasteiger partial charge in [-0.3, -0.25) is 19.7 Å². The van der Waals surface area contributed by atoms with Gasteiger partial charge >= 0.3 is 0 Å². The van der Waals surface area contributed by atoms with Crippen LogP contribution in [0.1, 0.15) is 12.5 Å². The van der Waals surface area contributed by atoms with Crippen molar-refractivity contribution in [3.63, 3.8) is 0 Å². The fourth-order valence-corrected chi connectivity index (χ4v) is 5.09. The predicted molar refractivity (Wildman–Crippen MR) is 137 cm³/mol. The van der Waals surface area contributed by atoms with Gasteiger partial charge in [0.25, 0.3) is 11.1 Å². The first-order valence-electron chi connectivity index (χ1n) is 10.8. The molecule has 0 unspecified atom stereocenters. The molecule has 4 aromatic rings. The van der Waals surface area contributed by atoms with E-state index in [2.05, 4.69) is 5.32 Å². The van der Waals surface area contributed by atoms with E-state index in [1.54, 1.807) is 31.2 Å². The van der Waals surface area contributed by atoms with Crippen LogP contribution in [0, 0.1) is 5.82 Å². The lowest BCUT2D eigenvalue weighted by molar-refractivity contribution is -0.115. The first-order chi connectivity index (χ1) is 17.4. The van der Waals surface area contributed by atoms with Crippen molar-refractivity contribution in [3.05, 3.63) is 86.5 Å². The van der Waals surface area contributed by atoms with E-state index in [-0.39, 0.29) is 40.9 Å². The molecule has 36 heavy (non-hydrogen) atoms. The number of ether oxygens (including phenoxy) is 2. The standard InChI is InChI=1S/C26H18FNO6S2/c1-14(24-25(30)28-26(31)36-24)15-4-7-17(8-5-15)32-10-11-33-23-21(29)18-13-16(27)6-9-19(18)34-22(23)20-3-2-12-35-20/h2-9,12-13H,10-11H2,1H3,(H,28,30,31)/b24-14-. The Labute approximate surface area is 212 Å². The van der Waals surface area contributed by atoms with E-state index in [0.717, 1.165) is 23.4 Å². The fraction of sp³-hybridized carbons (Fsp3) is 0.115. The number of allylic oxidation sites excluding steroid dienone is 1. The molecule has 0 aliphatic carbocycles. The van der Waals surface area contributed by atoms with Gasteiger partial charge in [-0.05, 0) is 71.6 Å². The van der Waals surface area contributed by atoms with Gasteiger partial charge in [-0.2, -0.15) is 0 Å². The van der Waals surface area contributed by atoms with Crippen molar-refractivity contribution in [2.75, 3.05) is 13.2 Å². The van der Waals surface area contributed by atoms with Gasteiger partial charge in [-0.25, -0.2) is 4.39 Å². The summed E-state index contributed by atoms with van der Waals surface area (Å²) in [6.07, 6.45) is 0. The lowest BCUT2D eigenvalue weighted by Crippen LogP contribution is -2.18. The number of thioether (sulfide) groups is 1. The quantitative estimate of drug-likeness (QED) is 0.240. The van der Waals surface area contributed by atoms with Crippen LogP contribution in [-0.2, 0) is 4.79 Å². The molecule has 0 saturated carbocycles. The number of halogens is 1. The number of benzene rings is 2. The summed E-state index contributed by atoms with van der Waals surface area (Å²) in [4.78, 5) is 37.4. The first kappa shape index (κ1) is 23.8. The average Bonchev–Trinajstić information content (AvgIpc) is 3.52. The molecular weight excluding hydrogens is 505 g/mol. The third kappa shape index (κ3) is 4.77. The SMILES string of the molecule is C/C(=C1/SC(=O)NC1=O)c1ccc(OCCOc2c(-c3cccs3)oc3ccc(F)cc3c2=O)cc1. The van der Waals surface area contributed by atoms with Crippen molar-refractivity contribution < 1.29 is 27.9 Å². The number of hydrogen-bond donors (Lipinski definition) is 1. The van der Waals surface area contributed by atoms with E-state index in [0.29, 0.717) is 21.1 Å². The number of imide groups is 1. The number of carbonyl (C=O) groups excluding carboxylic acids is 2. The van der Waals surface area contributed by atoms with Gasteiger partial charge in [0.15, 0.2) is 5.76 Å². The van der Waals surface area contributed by atoms with Crippen LogP contribution in [0.5, 0.6) is 11.5 Å². The average molecular weight is 524 g/mol. The minimum absolute atomic E-state index is 0.00126. The number of fused-ring (bicyclic) bond motifs is 1. The van der Waals surface area contributed by atoms with Crippen LogP contribution in [-0.4, -0.2) is 24.4 Å². The Kier molecular flexibility index (Phi) is 6.62. The van der Waals surface area contributed by atoms with Gasteiger partial charge in [-0.15, -0.1) is 11.3 Å². The van der Waals surface area contributed by atoms with Crippen molar-refractivity contribution in [1.82, 2.24) is 5.32 Å². The lowest BCUT2D eigenvalue weighted by Gasteiger charge is -2.12. The Morgan fingerprint density at radius 3 is 2.50 bits per heavy atom. The highest BCUT2D eigenvalue weighted by atomic mass is 32.2. The van der Waals surface area contributed by atoms with E-state index in [1.807, 2.05) is 17.5 Å². The molecule has 1 N–H and O–H groups in total. The number of nitrogens with one attached hydrogen (secondary N) is 1. The Hall–Kier alpha value is -3.89. The zero-order valence-corrected chi connectivity index (χ0v) is 20.5. The largest absolute Gasteiger partial charge is 0.490 e. The van der Waals surface area contributed by atoms with Crippen molar-refractivity contribution in [3.8, 4) is 22.1 Å². The summed E-state index contributed by atoms with van der Waals surface area (Å²) in [6.45, 7) is 1.96. The molecule has 1 saturated heterocycles. The maximum absolute atomic E-state index is 13.7.